The Balaban J connectivity index is 1.95. The molecular formula is C17H21NO3. The summed E-state index contributed by atoms with van der Waals surface area (Å²) in [6.45, 7) is 0.762. The SMILES string of the molecule is COC(=O)C1=C2NCC(OC)C2CC(c2ccccc2)C1. The van der Waals surface area contributed by atoms with Crippen molar-refractivity contribution >= 4 is 5.97 Å². The lowest BCUT2D eigenvalue weighted by Gasteiger charge is -2.31. The van der Waals surface area contributed by atoms with Gasteiger partial charge in [-0.2, -0.15) is 0 Å². The van der Waals surface area contributed by atoms with Gasteiger partial charge in [0.05, 0.1) is 18.8 Å². The third kappa shape index (κ3) is 2.56. The third-order valence-electron chi connectivity index (χ3n) is 4.63. The van der Waals surface area contributed by atoms with Crippen LogP contribution in [0.3, 0.4) is 0 Å². The largest absolute Gasteiger partial charge is 0.466 e. The molecule has 4 nitrogen and oxygen atoms in total. The van der Waals surface area contributed by atoms with E-state index in [-0.39, 0.29) is 18.0 Å². The summed E-state index contributed by atoms with van der Waals surface area (Å²) in [6, 6.07) is 10.4. The zero-order valence-corrected chi connectivity index (χ0v) is 12.5. The molecule has 0 spiro atoms. The second kappa shape index (κ2) is 5.90. The van der Waals surface area contributed by atoms with Crippen LogP contribution in [0, 0.1) is 5.92 Å². The molecule has 1 N–H and O–H groups in total. The molecule has 1 aromatic carbocycles. The van der Waals surface area contributed by atoms with Gasteiger partial charge in [0.25, 0.3) is 0 Å². The molecule has 4 heteroatoms. The number of nitrogens with one attached hydrogen (secondary N) is 1. The Kier molecular flexibility index (Phi) is 3.97. The van der Waals surface area contributed by atoms with Crippen molar-refractivity contribution < 1.29 is 14.3 Å². The number of ether oxygens (including phenoxy) is 2. The van der Waals surface area contributed by atoms with Crippen molar-refractivity contribution in [1.29, 1.82) is 0 Å². The molecule has 1 aliphatic heterocycles. The monoisotopic (exact) mass is 287 g/mol. The summed E-state index contributed by atoms with van der Waals surface area (Å²) in [4.78, 5) is 12.1. The zero-order valence-electron chi connectivity index (χ0n) is 12.5. The second-order valence-corrected chi connectivity index (χ2v) is 5.69. The van der Waals surface area contributed by atoms with Crippen molar-refractivity contribution in [3.8, 4) is 0 Å². The highest BCUT2D eigenvalue weighted by Crippen LogP contribution is 2.43. The first-order valence-electron chi connectivity index (χ1n) is 7.37. The first-order chi connectivity index (χ1) is 10.2. The highest BCUT2D eigenvalue weighted by molar-refractivity contribution is 5.89. The average molecular weight is 287 g/mol. The zero-order chi connectivity index (χ0) is 14.8. The van der Waals surface area contributed by atoms with Crippen LogP contribution < -0.4 is 5.32 Å². The van der Waals surface area contributed by atoms with Crippen LogP contribution in [0.1, 0.15) is 24.3 Å². The van der Waals surface area contributed by atoms with Crippen LogP contribution in [0.5, 0.6) is 0 Å². The first kappa shape index (κ1) is 14.1. The summed E-state index contributed by atoms with van der Waals surface area (Å²) in [5, 5.41) is 3.35. The number of methoxy groups -OCH3 is 2. The fourth-order valence-electron chi connectivity index (χ4n) is 3.56. The maximum atomic E-state index is 12.1. The molecular weight excluding hydrogens is 266 g/mol. The molecule has 1 fully saturated rings. The Morgan fingerprint density at radius 3 is 2.67 bits per heavy atom. The van der Waals surface area contributed by atoms with Crippen LogP contribution in [0.2, 0.25) is 0 Å². The Morgan fingerprint density at radius 1 is 1.24 bits per heavy atom. The smallest absolute Gasteiger partial charge is 0.335 e. The van der Waals surface area contributed by atoms with Gasteiger partial charge in [0, 0.05) is 25.3 Å². The van der Waals surface area contributed by atoms with Gasteiger partial charge in [-0.25, -0.2) is 4.79 Å². The van der Waals surface area contributed by atoms with Crippen LogP contribution in [-0.4, -0.2) is 32.8 Å². The van der Waals surface area contributed by atoms with Crippen LogP contribution >= 0.6 is 0 Å². The van der Waals surface area contributed by atoms with Crippen LogP contribution in [0.15, 0.2) is 41.6 Å². The predicted molar refractivity (Wildman–Crippen MR) is 79.7 cm³/mol. The Labute approximate surface area is 125 Å². The molecule has 1 saturated heterocycles. The molecule has 0 aromatic heterocycles. The number of carbonyl (C=O) groups is 1. The van der Waals surface area contributed by atoms with Crippen molar-refractivity contribution in [2.45, 2.75) is 24.9 Å². The second-order valence-electron chi connectivity index (χ2n) is 5.69. The maximum absolute atomic E-state index is 12.1. The number of rotatable bonds is 3. The lowest BCUT2D eigenvalue weighted by molar-refractivity contribution is -0.136. The Hall–Kier alpha value is -1.81. The molecule has 0 amide bonds. The van der Waals surface area contributed by atoms with Gasteiger partial charge in [0.2, 0.25) is 0 Å². The number of hydrogen-bond acceptors (Lipinski definition) is 4. The van der Waals surface area contributed by atoms with Crippen molar-refractivity contribution in [2.75, 3.05) is 20.8 Å². The standard InChI is InChI=1S/C17H21NO3/c1-20-15-10-18-16-13(15)8-12(9-14(16)17(19)21-2)11-6-4-3-5-7-11/h3-7,12-13,15,18H,8-10H2,1-2H3. The number of carbonyl (C=O) groups excluding carboxylic acids is 1. The van der Waals surface area contributed by atoms with Gasteiger partial charge < -0.3 is 14.8 Å². The number of hydrogen-bond donors (Lipinski definition) is 1. The lowest BCUT2D eigenvalue weighted by atomic mass is 9.76. The summed E-state index contributed by atoms with van der Waals surface area (Å²) in [6.07, 6.45) is 1.86. The molecule has 1 aliphatic carbocycles. The van der Waals surface area contributed by atoms with E-state index in [9.17, 15) is 4.79 Å². The summed E-state index contributed by atoms with van der Waals surface area (Å²) >= 11 is 0. The van der Waals surface area contributed by atoms with E-state index in [1.807, 2.05) is 18.2 Å². The van der Waals surface area contributed by atoms with Gasteiger partial charge in [-0.05, 0) is 24.3 Å². The minimum absolute atomic E-state index is 0.131. The van der Waals surface area contributed by atoms with Crippen molar-refractivity contribution in [1.82, 2.24) is 5.32 Å². The van der Waals surface area contributed by atoms with Crippen molar-refractivity contribution in [3.63, 3.8) is 0 Å². The maximum Gasteiger partial charge on any atom is 0.335 e. The molecule has 112 valence electrons. The van der Waals surface area contributed by atoms with Gasteiger partial charge >= 0.3 is 5.97 Å². The third-order valence-corrected chi connectivity index (χ3v) is 4.63. The molecule has 1 heterocycles. The van der Waals surface area contributed by atoms with E-state index in [4.69, 9.17) is 9.47 Å². The molecule has 3 rings (SSSR count). The summed E-state index contributed by atoms with van der Waals surface area (Å²) in [5.74, 6) is 0.370. The molecule has 21 heavy (non-hydrogen) atoms. The predicted octanol–water partition coefficient (Wildman–Crippen LogP) is 2.23. The summed E-state index contributed by atoms with van der Waals surface area (Å²) < 4.78 is 10.6. The molecule has 1 aromatic rings. The highest BCUT2D eigenvalue weighted by Gasteiger charge is 2.41. The fourth-order valence-corrected chi connectivity index (χ4v) is 3.56. The number of benzene rings is 1. The molecule has 2 aliphatic rings. The fraction of sp³-hybridized carbons (Fsp3) is 0.471. The van der Waals surface area contributed by atoms with Gasteiger partial charge in [-0.15, -0.1) is 0 Å². The quantitative estimate of drug-likeness (QED) is 0.866. The molecule has 0 bridgehead atoms. The molecule has 0 saturated carbocycles. The van der Waals surface area contributed by atoms with Crippen molar-refractivity contribution in [2.24, 2.45) is 5.92 Å². The highest BCUT2D eigenvalue weighted by atomic mass is 16.5. The number of esters is 1. The van der Waals surface area contributed by atoms with Crippen LogP contribution in [0.25, 0.3) is 0 Å². The minimum Gasteiger partial charge on any atom is -0.466 e. The van der Waals surface area contributed by atoms with Crippen molar-refractivity contribution in [3.05, 3.63) is 47.2 Å². The van der Waals surface area contributed by atoms with E-state index in [0.29, 0.717) is 5.92 Å². The van der Waals surface area contributed by atoms with Crippen LogP contribution in [0.4, 0.5) is 0 Å². The number of fused-ring (bicyclic) bond motifs is 1. The van der Waals surface area contributed by atoms with Crippen LogP contribution in [-0.2, 0) is 14.3 Å². The molecule has 3 atom stereocenters. The van der Waals surface area contributed by atoms with E-state index in [2.05, 4.69) is 17.4 Å². The van der Waals surface area contributed by atoms with E-state index >= 15 is 0 Å². The topological polar surface area (TPSA) is 47.6 Å². The van der Waals surface area contributed by atoms with E-state index < -0.39 is 0 Å². The molecule has 0 radical (unpaired) electrons. The Bertz CT molecular complexity index is 552. The van der Waals surface area contributed by atoms with Gasteiger partial charge in [0.1, 0.15) is 0 Å². The normalized spacial score (nSPS) is 28.0. The van der Waals surface area contributed by atoms with E-state index in [0.717, 1.165) is 30.7 Å². The summed E-state index contributed by atoms with van der Waals surface area (Å²) in [7, 11) is 3.18. The summed E-state index contributed by atoms with van der Waals surface area (Å²) in [5.41, 5.74) is 3.09. The van der Waals surface area contributed by atoms with E-state index in [1.54, 1.807) is 7.11 Å². The molecule has 3 unspecified atom stereocenters. The average Bonchev–Trinajstić information content (AvgIpc) is 2.97. The minimum atomic E-state index is -0.222. The van der Waals surface area contributed by atoms with Gasteiger partial charge in [0.15, 0.2) is 0 Å². The van der Waals surface area contributed by atoms with Gasteiger partial charge in [-0.3, -0.25) is 0 Å². The first-order valence-corrected chi connectivity index (χ1v) is 7.37. The van der Waals surface area contributed by atoms with E-state index in [1.165, 1.54) is 12.7 Å². The lowest BCUT2D eigenvalue weighted by Crippen LogP contribution is -2.28. The Morgan fingerprint density at radius 2 is 2.00 bits per heavy atom. The van der Waals surface area contributed by atoms with Gasteiger partial charge in [-0.1, -0.05) is 30.3 Å².